The van der Waals surface area contributed by atoms with Crippen molar-refractivity contribution in [2.45, 2.75) is 6.42 Å². The van der Waals surface area contributed by atoms with Gasteiger partial charge in [-0.15, -0.1) is 0 Å². The Kier molecular flexibility index (Phi) is 4.32. The second-order valence-corrected chi connectivity index (χ2v) is 5.65. The number of nitrogens with zero attached hydrogens (tertiary/aromatic N) is 2. The Balaban J connectivity index is 1.60. The van der Waals surface area contributed by atoms with Crippen LogP contribution in [0.2, 0.25) is 10.0 Å². The summed E-state index contributed by atoms with van der Waals surface area (Å²) in [5, 5.41) is 3.65. The quantitative estimate of drug-likeness (QED) is 0.792. The summed E-state index contributed by atoms with van der Waals surface area (Å²) < 4.78 is 1.95. The maximum atomic E-state index is 12.0. The van der Waals surface area contributed by atoms with Crippen molar-refractivity contribution in [3.63, 3.8) is 0 Å². The molecule has 1 N–H and O–H groups in total. The van der Waals surface area contributed by atoms with Crippen LogP contribution in [0.3, 0.4) is 0 Å². The smallest absolute Gasteiger partial charge is 0.251 e. The molecule has 2 aromatic heterocycles. The summed E-state index contributed by atoms with van der Waals surface area (Å²) in [7, 11) is 0. The fraction of sp³-hybridized carbons (Fsp3) is 0.125. The highest BCUT2D eigenvalue weighted by Crippen LogP contribution is 2.22. The average molecular weight is 334 g/mol. The highest BCUT2D eigenvalue weighted by molar-refractivity contribution is 6.42. The van der Waals surface area contributed by atoms with Crippen LogP contribution in [0, 0.1) is 0 Å². The number of halogens is 2. The molecule has 0 radical (unpaired) electrons. The summed E-state index contributed by atoms with van der Waals surface area (Å²) in [4.78, 5) is 16.5. The molecule has 2 heterocycles. The van der Waals surface area contributed by atoms with Gasteiger partial charge in [-0.3, -0.25) is 4.79 Å². The van der Waals surface area contributed by atoms with E-state index in [0.29, 0.717) is 28.6 Å². The second-order valence-electron chi connectivity index (χ2n) is 4.83. The molecule has 0 bridgehead atoms. The summed E-state index contributed by atoms with van der Waals surface area (Å²) >= 11 is 11.7. The summed E-state index contributed by atoms with van der Waals surface area (Å²) in [5.41, 5.74) is 2.32. The first kappa shape index (κ1) is 14.9. The number of amides is 1. The van der Waals surface area contributed by atoms with E-state index in [2.05, 4.69) is 10.3 Å². The molecular formula is C16H13Cl2N3O. The van der Waals surface area contributed by atoms with Crippen molar-refractivity contribution in [2.75, 3.05) is 6.54 Å². The van der Waals surface area contributed by atoms with Crippen LogP contribution in [-0.2, 0) is 6.42 Å². The summed E-state index contributed by atoms with van der Waals surface area (Å²) in [6.07, 6.45) is 4.56. The lowest BCUT2D eigenvalue weighted by Gasteiger charge is -2.05. The SMILES string of the molecule is O=C(NCCc1cn2ccccc2n1)c1ccc(Cl)c(Cl)c1. The lowest BCUT2D eigenvalue weighted by Crippen LogP contribution is -2.25. The molecule has 3 rings (SSSR count). The minimum atomic E-state index is -0.178. The van der Waals surface area contributed by atoms with Gasteiger partial charge in [0.1, 0.15) is 5.65 Å². The molecule has 0 aliphatic rings. The van der Waals surface area contributed by atoms with Crippen LogP contribution in [0.25, 0.3) is 5.65 Å². The summed E-state index contributed by atoms with van der Waals surface area (Å²) in [5.74, 6) is -0.178. The van der Waals surface area contributed by atoms with Gasteiger partial charge in [0.15, 0.2) is 0 Å². The predicted octanol–water partition coefficient (Wildman–Crippen LogP) is 3.61. The van der Waals surface area contributed by atoms with Gasteiger partial charge in [-0.1, -0.05) is 29.3 Å². The molecule has 22 heavy (non-hydrogen) atoms. The van der Waals surface area contributed by atoms with Crippen LogP contribution >= 0.6 is 23.2 Å². The van der Waals surface area contributed by atoms with Gasteiger partial charge in [-0.05, 0) is 30.3 Å². The third-order valence-corrected chi connectivity index (χ3v) is 4.00. The van der Waals surface area contributed by atoms with Crippen LogP contribution in [0.5, 0.6) is 0 Å². The molecule has 3 aromatic rings. The molecule has 0 aliphatic heterocycles. The minimum absolute atomic E-state index is 0.178. The van der Waals surface area contributed by atoms with E-state index < -0.39 is 0 Å². The Morgan fingerprint density at radius 1 is 1.18 bits per heavy atom. The number of benzene rings is 1. The van der Waals surface area contributed by atoms with Crippen molar-refractivity contribution in [3.05, 3.63) is 70.1 Å². The average Bonchev–Trinajstić information content (AvgIpc) is 2.92. The Labute approximate surface area is 137 Å². The van der Waals surface area contributed by atoms with Crippen molar-refractivity contribution in [1.82, 2.24) is 14.7 Å². The number of hydrogen-bond acceptors (Lipinski definition) is 2. The third-order valence-electron chi connectivity index (χ3n) is 3.26. The van der Waals surface area contributed by atoms with Crippen LogP contribution in [0.15, 0.2) is 48.8 Å². The molecule has 6 heteroatoms. The number of aromatic nitrogens is 2. The predicted molar refractivity (Wildman–Crippen MR) is 87.7 cm³/mol. The Morgan fingerprint density at radius 3 is 2.82 bits per heavy atom. The zero-order chi connectivity index (χ0) is 15.5. The van der Waals surface area contributed by atoms with E-state index in [4.69, 9.17) is 23.2 Å². The largest absolute Gasteiger partial charge is 0.352 e. The molecule has 0 unspecified atom stereocenters. The number of nitrogens with one attached hydrogen (secondary N) is 1. The molecule has 0 saturated heterocycles. The number of rotatable bonds is 4. The first-order valence-electron chi connectivity index (χ1n) is 6.79. The minimum Gasteiger partial charge on any atom is -0.352 e. The third kappa shape index (κ3) is 3.24. The molecule has 4 nitrogen and oxygen atoms in total. The Morgan fingerprint density at radius 2 is 2.05 bits per heavy atom. The highest BCUT2D eigenvalue weighted by atomic mass is 35.5. The Hall–Kier alpha value is -2.04. The number of fused-ring (bicyclic) bond motifs is 1. The number of hydrogen-bond donors (Lipinski definition) is 1. The van der Waals surface area contributed by atoms with E-state index in [-0.39, 0.29) is 5.91 Å². The summed E-state index contributed by atoms with van der Waals surface area (Å²) in [6.45, 7) is 0.503. The van der Waals surface area contributed by atoms with Crippen LogP contribution in [-0.4, -0.2) is 21.8 Å². The van der Waals surface area contributed by atoms with Gasteiger partial charge in [-0.25, -0.2) is 4.98 Å². The molecular weight excluding hydrogens is 321 g/mol. The zero-order valence-electron chi connectivity index (χ0n) is 11.6. The fourth-order valence-electron chi connectivity index (χ4n) is 2.15. The normalized spacial score (nSPS) is 10.8. The molecule has 0 aliphatic carbocycles. The van der Waals surface area contributed by atoms with Gasteiger partial charge in [0.25, 0.3) is 5.91 Å². The molecule has 0 fully saturated rings. The van der Waals surface area contributed by atoms with E-state index in [1.54, 1.807) is 18.2 Å². The Bertz CT molecular complexity index is 796. The van der Waals surface area contributed by atoms with Gasteiger partial charge < -0.3 is 9.72 Å². The van der Waals surface area contributed by atoms with Crippen LogP contribution in [0.1, 0.15) is 16.1 Å². The van der Waals surface area contributed by atoms with Crippen LogP contribution in [0.4, 0.5) is 0 Å². The van der Waals surface area contributed by atoms with Gasteiger partial charge in [0, 0.05) is 30.9 Å². The van der Waals surface area contributed by atoms with Gasteiger partial charge in [0.2, 0.25) is 0 Å². The van der Waals surface area contributed by atoms with Crippen molar-refractivity contribution in [1.29, 1.82) is 0 Å². The first-order valence-corrected chi connectivity index (χ1v) is 7.55. The monoisotopic (exact) mass is 333 g/mol. The van der Waals surface area contributed by atoms with Crippen LogP contribution < -0.4 is 5.32 Å². The number of carbonyl (C=O) groups is 1. The van der Waals surface area contributed by atoms with Gasteiger partial charge >= 0.3 is 0 Å². The maximum Gasteiger partial charge on any atom is 0.251 e. The van der Waals surface area contributed by atoms with Crippen molar-refractivity contribution in [3.8, 4) is 0 Å². The van der Waals surface area contributed by atoms with E-state index >= 15 is 0 Å². The standard InChI is InChI=1S/C16H13Cl2N3O/c17-13-5-4-11(9-14(13)18)16(22)19-7-6-12-10-21-8-2-1-3-15(21)20-12/h1-5,8-10H,6-7H2,(H,19,22). The maximum absolute atomic E-state index is 12.0. The molecule has 0 spiro atoms. The lowest BCUT2D eigenvalue weighted by molar-refractivity contribution is 0.0954. The van der Waals surface area contributed by atoms with E-state index in [9.17, 15) is 4.79 Å². The highest BCUT2D eigenvalue weighted by Gasteiger charge is 2.08. The van der Waals surface area contributed by atoms with Crippen molar-refractivity contribution in [2.24, 2.45) is 0 Å². The van der Waals surface area contributed by atoms with Gasteiger partial charge in [0.05, 0.1) is 15.7 Å². The summed E-state index contributed by atoms with van der Waals surface area (Å²) in [6, 6.07) is 10.7. The second kappa shape index (κ2) is 6.38. The van der Waals surface area contributed by atoms with Crippen molar-refractivity contribution < 1.29 is 4.79 Å². The first-order chi connectivity index (χ1) is 10.6. The molecule has 1 amide bonds. The zero-order valence-corrected chi connectivity index (χ0v) is 13.1. The molecule has 1 aromatic carbocycles. The number of imidazole rings is 1. The lowest BCUT2D eigenvalue weighted by atomic mass is 10.2. The number of carbonyl (C=O) groups excluding carboxylic acids is 1. The van der Waals surface area contributed by atoms with Crippen molar-refractivity contribution >= 4 is 34.8 Å². The molecule has 0 saturated carbocycles. The van der Waals surface area contributed by atoms with E-state index in [0.717, 1.165) is 11.3 Å². The number of pyridine rings is 1. The molecule has 0 atom stereocenters. The van der Waals surface area contributed by atoms with Gasteiger partial charge in [-0.2, -0.15) is 0 Å². The fourth-order valence-corrected chi connectivity index (χ4v) is 2.45. The topological polar surface area (TPSA) is 46.4 Å². The molecule has 112 valence electrons. The van der Waals surface area contributed by atoms with E-state index in [1.165, 1.54) is 0 Å². The van der Waals surface area contributed by atoms with E-state index in [1.807, 2.05) is 35.0 Å².